The Morgan fingerprint density at radius 3 is 2.40 bits per heavy atom. The van der Waals surface area contributed by atoms with Gasteiger partial charge in [0.05, 0.1) is 7.11 Å². The fourth-order valence-electron chi connectivity index (χ4n) is 1.63. The van der Waals surface area contributed by atoms with E-state index in [1.54, 1.807) is 12.1 Å². The van der Waals surface area contributed by atoms with E-state index in [-0.39, 0.29) is 10.6 Å². The lowest BCUT2D eigenvalue weighted by molar-refractivity contribution is 0.403. The van der Waals surface area contributed by atoms with Crippen molar-refractivity contribution in [1.29, 1.82) is 0 Å². The van der Waals surface area contributed by atoms with E-state index in [1.165, 1.54) is 25.3 Å². The number of halogens is 1. The number of rotatable bonds is 4. The summed E-state index contributed by atoms with van der Waals surface area (Å²) in [7, 11) is -2.32. The van der Waals surface area contributed by atoms with E-state index in [4.69, 9.17) is 10.5 Å². The van der Waals surface area contributed by atoms with Gasteiger partial charge in [-0.3, -0.25) is 4.72 Å². The fraction of sp³-hybridized carbons (Fsp3) is 0.0769. The maximum Gasteiger partial charge on any atom is 0.265 e. The molecule has 2 rings (SSSR count). The quantitative estimate of drug-likeness (QED) is 0.607. The minimum atomic E-state index is -3.72. The van der Waals surface area contributed by atoms with Crippen LogP contribution in [-0.4, -0.2) is 15.5 Å². The van der Waals surface area contributed by atoms with E-state index >= 15 is 0 Å². The first-order chi connectivity index (χ1) is 9.42. The molecular formula is C13H13IN2O3S. The number of methoxy groups -OCH3 is 1. The number of benzene rings is 2. The molecule has 0 saturated carbocycles. The van der Waals surface area contributed by atoms with E-state index in [2.05, 4.69) is 27.3 Å². The van der Waals surface area contributed by atoms with E-state index in [9.17, 15) is 8.42 Å². The Morgan fingerprint density at radius 1 is 1.15 bits per heavy atom. The molecule has 5 nitrogen and oxygen atoms in total. The highest BCUT2D eigenvalue weighted by molar-refractivity contribution is 14.1. The van der Waals surface area contributed by atoms with E-state index in [0.29, 0.717) is 11.4 Å². The molecule has 7 heteroatoms. The number of nitrogen functional groups attached to an aromatic ring is 1. The second-order valence-corrected chi connectivity index (χ2v) is 6.92. The Bertz CT molecular complexity index is 715. The molecule has 0 aliphatic carbocycles. The zero-order valence-electron chi connectivity index (χ0n) is 10.6. The molecule has 0 radical (unpaired) electrons. The molecule has 20 heavy (non-hydrogen) atoms. The largest absolute Gasteiger partial charge is 0.495 e. The number of ether oxygens (including phenoxy) is 1. The number of nitrogens with two attached hydrogens (primary N) is 1. The summed E-state index contributed by atoms with van der Waals surface area (Å²) in [5.74, 6) is 0.211. The van der Waals surface area contributed by atoms with Crippen LogP contribution in [0.2, 0.25) is 0 Å². The van der Waals surface area contributed by atoms with Gasteiger partial charge in [0.2, 0.25) is 0 Å². The van der Waals surface area contributed by atoms with Crippen LogP contribution in [0, 0.1) is 3.57 Å². The molecule has 0 heterocycles. The maximum absolute atomic E-state index is 12.3. The molecule has 106 valence electrons. The second-order valence-electron chi connectivity index (χ2n) is 4.02. The third kappa shape index (κ3) is 3.34. The van der Waals surface area contributed by atoms with Crippen LogP contribution in [0.1, 0.15) is 0 Å². The summed E-state index contributed by atoms with van der Waals surface area (Å²) in [5, 5.41) is 0. The lowest BCUT2D eigenvalue weighted by Crippen LogP contribution is -2.14. The first kappa shape index (κ1) is 14.9. The molecule has 0 spiro atoms. The van der Waals surface area contributed by atoms with Crippen LogP contribution in [-0.2, 0) is 10.0 Å². The summed E-state index contributed by atoms with van der Waals surface area (Å²) >= 11 is 2.15. The van der Waals surface area contributed by atoms with Crippen LogP contribution < -0.4 is 15.2 Å². The molecule has 2 aromatic carbocycles. The average molecular weight is 404 g/mol. The highest BCUT2D eigenvalue weighted by Gasteiger charge is 2.19. The van der Waals surface area contributed by atoms with Gasteiger partial charge >= 0.3 is 0 Å². The Morgan fingerprint density at radius 2 is 1.80 bits per heavy atom. The molecule has 0 aliphatic heterocycles. The van der Waals surface area contributed by atoms with Crippen molar-refractivity contribution in [2.45, 2.75) is 4.90 Å². The standard InChI is InChI=1S/C13H13IN2O3S/c1-19-12-8-10(15)4-7-13(12)20(17,18)16-11-5-2-9(14)3-6-11/h2-8,16H,15H2,1H3. The van der Waals surface area contributed by atoms with Crippen LogP contribution >= 0.6 is 22.6 Å². The van der Waals surface area contributed by atoms with Gasteiger partial charge in [0.1, 0.15) is 10.6 Å². The second kappa shape index (κ2) is 5.88. The van der Waals surface area contributed by atoms with Crippen LogP contribution in [0.4, 0.5) is 11.4 Å². The molecule has 0 aromatic heterocycles. The van der Waals surface area contributed by atoms with E-state index in [0.717, 1.165) is 3.57 Å². The van der Waals surface area contributed by atoms with E-state index in [1.807, 2.05) is 12.1 Å². The lowest BCUT2D eigenvalue weighted by atomic mass is 10.3. The summed E-state index contributed by atoms with van der Waals surface area (Å²) in [4.78, 5) is 0.0488. The number of sulfonamides is 1. The highest BCUT2D eigenvalue weighted by Crippen LogP contribution is 2.27. The van der Waals surface area contributed by atoms with Crippen molar-refractivity contribution in [3.63, 3.8) is 0 Å². The summed E-state index contributed by atoms with van der Waals surface area (Å²) < 4.78 is 33.3. The molecule has 0 aliphatic rings. The topological polar surface area (TPSA) is 81.4 Å². The van der Waals surface area contributed by atoms with Crippen molar-refractivity contribution < 1.29 is 13.2 Å². The molecule has 0 amide bonds. The number of hydrogen-bond donors (Lipinski definition) is 2. The van der Waals surface area contributed by atoms with Gasteiger partial charge < -0.3 is 10.5 Å². The molecule has 2 aromatic rings. The van der Waals surface area contributed by atoms with Crippen molar-refractivity contribution in [2.24, 2.45) is 0 Å². The monoisotopic (exact) mass is 404 g/mol. The third-order valence-electron chi connectivity index (χ3n) is 2.57. The van der Waals surface area contributed by atoms with Crippen molar-refractivity contribution in [1.82, 2.24) is 0 Å². The predicted molar refractivity (Wildman–Crippen MR) is 87.4 cm³/mol. The number of anilines is 2. The summed E-state index contributed by atoms with van der Waals surface area (Å²) in [6.45, 7) is 0. The van der Waals surface area contributed by atoms with Gasteiger partial charge in [-0.2, -0.15) is 0 Å². The maximum atomic E-state index is 12.3. The van der Waals surface area contributed by atoms with Crippen LogP contribution in [0.5, 0.6) is 5.75 Å². The fourth-order valence-corrected chi connectivity index (χ4v) is 3.20. The zero-order valence-corrected chi connectivity index (χ0v) is 13.6. The number of hydrogen-bond acceptors (Lipinski definition) is 4. The lowest BCUT2D eigenvalue weighted by Gasteiger charge is -2.12. The van der Waals surface area contributed by atoms with Gasteiger partial charge in [0.25, 0.3) is 10.0 Å². The Hall–Kier alpha value is -1.48. The van der Waals surface area contributed by atoms with Crippen LogP contribution in [0.3, 0.4) is 0 Å². The molecule has 0 fully saturated rings. The smallest absolute Gasteiger partial charge is 0.265 e. The first-order valence-corrected chi connectivity index (χ1v) is 8.20. The normalized spacial score (nSPS) is 11.1. The molecule has 0 bridgehead atoms. The summed E-state index contributed by atoms with van der Waals surface area (Å²) in [5.41, 5.74) is 6.55. The minimum Gasteiger partial charge on any atom is -0.495 e. The van der Waals surface area contributed by atoms with Crippen LogP contribution in [0.25, 0.3) is 0 Å². The Balaban J connectivity index is 2.38. The van der Waals surface area contributed by atoms with Gasteiger partial charge in [-0.1, -0.05) is 0 Å². The first-order valence-electron chi connectivity index (χ1n) is 5.64. The van der Waals surface area contributed by atoms with Crippen molar-refractivity contribution in [2.75, 3.05) is 17.6 Å². The predicted octanol–water partition coefficient (Wildman–Crippen LogP) is 2.68. The third-order valence-corrected chi connectivity index (χ3v) is 4.71. The molecule has 0 unspecified atom stereocenters. The molecular weight excluding hydrogens is 391 g/mol. The summed E-state index contributed by atoms with van der Waals surface area (Å²) in [6, 6.07) is 11.4. The SMILES string of the molecule is COc1cc(N)ccc1S(=O)(=O)Nc1ccc(I)cc1. The Kier molecular flexibility index (Phi) is 4.39. The van der Waals surface area contributed by atoms with Crippen molar-refractivity contribution in [3.05, 3.63) is 46.0 Å². The minimum absolute atomic E-state index is 0.0488. The number of nitrogens with one attached hydrogen (secondary N) is 1. The van der Waals surface area contributed by atoms with Gasteiger partial charge in [-0.25, -0.2) is 8.42 Å². The zero-order chi connectivity index (χ0) is 14.8. The average Bonchev–Trinajstić information content (AvgIpc) is 2.40. The van der Waals surface area contributed by atoms with Gasteiger partial charge in [0, 0.05) is 21.0 Å². The molecule has 0 atom stereocenters. The Labute approximate surface area is 131 Å². The highest BCUT2D eigenvalue weighted by atomic mass is 127. The van der Waals surface area contributed by atoms with Gasteiger partial charge in [0.15, 0.2) is 0 Å². The van der Waals surface area contributed by atoms with Crippen molar-refractivity contribution >= 4 is 44.0 Å². The van der Waals surface area contributed by atoms with E-state index < -0.39 is 10.0 Å². The van der Waals surface area contributed by atoms with Crippen molar-refractivity contribution in [3.8, 4) is 5.75 Å². The van der Waals surface area contributed by atoms with Gasteiger partial charge in [-0.15, -0.1) is 0 Å². The van der Waals surface area contributed by atoms with Crippen LogP contribution in [0.15, 0.2) is 47.4 Å². The van der Waals surface area contributed by atoms with Gasteiger partial charge in [-0.05, 0) is 59.0 Å². The molecule has 3 N–H and O–H groups in total. The summed E-state index contributed by atoms with van der Waals surface area (Å²) in [6.07, 6.45) is 0. The molecule has 0 saturated heterocycles.